The number of likely N-dealkylation sites (N-methyl/N-ethyl adjacent to an activating group) is 1. The Hall–Kier alpha value is -2.22. The van der Waals surface area contributed by atoms with Gasteiger partial charge < -0.3 is 9.80 Å². The molecular formula is C22H27N3O3S. The maximum Gasteiger partial charge on any atom is 0.243 e. The zero-order valence-electron chi connectivity index (χ0n) is 16.9. The molecule has 0 aromatic heterocycles. The van der Waals surface area contributed by atoms with Gasteiger partial charge in [0, 0.05) is 38.8 Å². The van der Waals surface area contributed by atoms with E-state index in [1.54, 1.807) is 34.3 Å². The van der Waals surface area contributed by atoms with E-state index in [1.807, 2.05) is 37.4 Å². The van der Waals surface area contributed by atoms with Crippen molar-refractivity contribution < 1.29 is 13.2 Å². The SMILES string of the molecule is CC(=O)N1CCCc2cc(S(=O)(=O)N3CCN(C)CC3c3ccccc3)ccc21. The minimum absolute atomic E-state index is 0.00948. The molecule has 1 saturated heterocycles. The first-order valence-corrected chi connectivity index (χ1v) is 11.5. The monoisotopic (exact) mass is 413 g/mol. The molecule has 1 atom stereocenters. The number of benzene rings is 2. The quantitative estimate of drug-likeness (QED) is 0.776. The van der Waals surface area contributed by atoms with Gasteiger partial charge in [0.05, 0.1) is 10.9 Å². The first kappa shape index (κ1) is 20.1. The van der Waals surface area contributed by atoms with Crippen molar-refractivity contribution in [2.75, 3.05) is 38.1 Å². The Bertz CT molecular complexity index is 1010. The fourth-order valence-electron chi connectivity index (χ4n) is 4.33. The molecule has 1 fully saturated rings. The molecule has 2 aliphatic heterocycles. The number of carbonyl (C=O) groups excluding carboxylic acids is 1. The molecule has 1 amide bonds. The van der Waals surface area contributed by atoms with E-state index in [1.165, 1.54) is 0 Å². The van der Waals surface area contributed by atoms with E-state index in [2.05, 4.69) is 4.90 Å². The minimum Gasteiger partial charge on any atom is -0.312 e. The van der Waals surface area contributed by atoms with Gasteiger partial charge in [0.1, 0.15) is 0 Å². The zero-order chi connectivity index (χ0) is 20.6. The Labute approximate surface area is 172 Å². The predicted octanol–water partition coefficient (Wildman–Crippen LogP) is 2.66. The highest BCUT2D eigenvalue weighted by Crippen LogP contribution is 2.34. The average Bonchev–Trinajstić information content (AvgIpc) is 2.73. The normalized spacial score (nSPS) is 21.0. The molecule has 2 aliphatic rings. The van der Waals surface area contributed by atoms with Crippen molar-refractivity contribution in [1.82, 2.24) is 9.21 Å². The third-order valence-corrected chi connectivity index (χ3v) is 7.78. The molecule has 4 rings (SSSR count). The highest BCUT2D eigenvalue weighted by molar-refractivity contribution is 7.89. The van der Waals surface area contributed by atoms with Crippen LogP contribution in [-0.4, -0.2) is 56.8 Å². The van der Waals surface area contributed by atoms with Crippen LogP contribution in [0.25, 0.3) is 0 Å². The third-order valence-electron chi connectivity index (χ3n) is 5.87. The van der Waals surface area contributed by atoms with Gasteiger partial charge in [0.2, 0.25) is 15.9 Å². The summed E-state index contributed by atoms with van der Waals surface area (Å²) in [5.74, 6) is -0.00948. The second kappa shape index (κ2) is 7.89. The standard InChI is InChI=1S/C22H27N3O3S/c1-17(26)24-12-6-9-19-15-20(10-11-21(19)24)29(27,28)25-14-13-23(2)16-22(25)18-7-4-3-5-8-18/h3-5,7-8,10-11,15,22H,6,9,12-14,16H2,1-2H3. The lowest BCUT2D eigenvalue weighted by molar-refractivity contribution is -0.116. The molecule has 1 unspecified atom stereocenters. The number of sulfonamides is 1. The maximum absolute atomic E-state index is 13.6. The van der Waals surface area contributed by atoms with Crippen LogP contribution >= 0.6 is 0 Å². The van der Waals surface area contributed by atoms with Crippen LogP contribution < -0.4 is 4.90 Å². The molecular weight excluding hydrogens is 386 g/mol. The van der Waals surface area contributed by atoms with Gasteiger partial charge >= 0.3 is 0 Å². The van der Waals surface area contributed by atoms with Crippen molar-refractivity contribution in [3.05, 3.63) is 59.7 Å². The number of piperazine rings is 1. The van der Waals surface area contributed by atoms with Gasteiger partial charge in [-0.2, -0.15) is 4.31 Å². The summed E-state index contributed by atoms with van der Waals surface area (Å²) in [4.78, 5) is 16.1. The first-order chi connectivity index (χ1) is 13.9. The van der Waals surface area contributed by atoms with Crippen molar-refractivity contribution in [3.63, 3.8) is 0 Å². The number of anilines is 1. The highest BCUT2D eigenvalue weighted by atomic mass is 32.2. The van der Waals surface area contributed by atoms with Crippen LogP contribution in [0.4, 0.5) is 5.69 Å². The number of hydrogen-bond acceptors (Lipinski definition) is 4. The summed E-state index contributed by atoms with van der Waals surface area (Å²) in [6, 6.07) is 14.8. The summed E-state index contributed by atoms with van der Waals surface area (Å²) in [6.45, 7) is 4.05. The summed E-state index contributed by atoms with van der Waals surface area (Å²) < 4.78 is 28.8. The zero-order valence-corrected chi connectivity index (χ0v) is 17.7. The van der Waals surface area contributed by atoms with Crippen molar-refractivity contribution in [2.24, 2.45) is 0 Å². The molecule has 0 saturated carbocycles. The van der Waals surface area contributed by atoms with Gasteiger partial charge in [-0.25, -0.2) is 8.42 Å². The van der Waals surface area contributed by atoms with Gasteiger partial charge in [-0.15, -0.1) is 0 Å². The van der Waals surface area contributed by atoms with Crippen LogP contribution in [0.1, 0.15) is 30.5 Å². The smallest absolute Gasteiger partial charge is 0.243 e. The Morgan fingerprint density at radius 1 is 1.03 bits per heavy atom. The molecule has 2 heterocycles. The van der Waals surface area contributed by atoms with Crippen molar-refractivity contribution in [3.8, 4) is 0 Å². The summed E-state index contributed by atoms with van der Waals surface area (Å²) in [6.07, 6.45) is 1.63. The Kier molecular flexibility index (Phi) is 5.46. The molecule has 0 N–H and O–H groups in total. The van der Waals surface area contributed by atoms with Gasteiger partial charge in [0.15, 0.2) is 0 Å². The number of carbonyl (C=O) groups is 1. The first-order valence-electron chi connectivity index (χ1n) is 10.0. The molecule has 6 nitrogen and oxygen atoms in total. The van der Waals surface area contributed by atoms with Gasteiger partial charge in [-0.05, 0) is 49.2 Å². The topological polar surface area (TPSA) is 60.9 Å². The number of fused-ring (bicyclic) bond motifs is 1. The molecule has 29 heavy (non-hydrogen) atoms. The summed E-state index contributed by atoms with van der Waals surface area (Å²) in [7, 11) is -1.63. The molecule has 0 aliphatic carbocycles. The molecule has 2 aromatic carbocycles. The minimum atomic E-state index is -3.65. The molecule has 7 heteroatoms. The van der Waals surface area contributed by atoms with Crippen LogP contribution in [0.15, 0.2) is 53.4 Å². The third kappa shape index (κ3) is 3.82. The molecule has 0 spiro atoms. The summed E-state index contributed by atoms with van der Waals surface area (Å²) in [5.41, 5.74) is 2.77. The van der Waals surface area contributed by atoms with E-state index in [4.69, 9.17) is 0 Å². The van der Waals surface area contributed by atoms with E-state index in [0.717, 1.165) is 29.7 Å². The number of nitrogens with zero attached hydrogens (tertiary/aromatic N) is 3. The van der Waals surface area contributed by atoms with Crippen molar-refractivity contribution in [1.29, 1.82) is 0 Å². The van der Waals surface area contributed by atoms with E-state index in [-0.39, 0.29) is 11.9 Å². The fraction of sp³-hybridized carbons (Fsp3) is 0.409. The number of amides is 1. The van der Waals surface area contributed by atoms with Crippen LogP contribution in [0.5, 0.6) is 0 Å². The largest absolute Gasteiger partial charge is 0.312 e. The Balaban J connectivity index is 1.71. The van der Waals surface area contributed by atoms with Crippen molar-refractivity contribution >= 4 is 21.6 Å². The van der Waals surface area contributed by atoms with E-state index >= 15 is 0 Å². The summed E-state index contributed by atoms with van der Waals surface area (Å²) >= 11 is 0. The molecule has 0 radical (unpaired) electrons. The van der Waals surface area contributed by atoms with E-state index in [9.17, 15) is 13.2 Å². The molecule has 0 bridgehead atoms. The van der Waals surface area contributed by atoms with E-state index in [0.29, 0.717) is 31.1 Å². The molecule has 2 aromatic rings. The lowest BCUT2D eigenvalue weighted by Gasteiger charge is -2.39. The summed E-state index contributed by atoms with van der Waals surface area (Å²) in [5, 5.41) is 0. The predicted molar refractivity (Wildman–Crippen MR) is 113 cm³/mol. The number of aryl methyl sites for hydroxylation is 1. The average molecular weight is 414 g/mol. The lowest BCUT2D eigenvalue weighted by Crippen LogP contribution is -2.49. The second-order valence-corrected chi connectivity index (χ2v) is 9.76. The van der Waals surface area contributed by atoms with E-state index < -0.39 is 10.0 Å². The number of hydrogen-bond donors (Lipinski definition) is 0. The van der Waals surface area contributed by atoms with Crippen molar-refractivity contribution in [2.45, 2.75) is 30.7 Å². The molecule has 154 valence electrons. The maximum atomic E-state index is 13.6. The highest BCUT2D eigenvalue weighted by Gasteiger charge is 2.36. The van der Waals surface area contributed by atoms with Gasteiger partial charge in [0.25, 0.3) is 0 Å². The lowest BCUT2D eigenvalue weighted by atomic mass is 10.0. The van der Waals surface area contributed by atoms with Gasteiger partial charge in [-0.3, -0.25) is 4.79 Å². The fourth-order valence-corrected chi connectivity index (χ4v) is 5.98. The van der Waals surface area contributed by atoms with Crippen LogP contribution in [0, 0.1) is 0 Å². The van der Waals surface area contributed by atoms with Crippen LogP contribution in [0.3, 0.4) is 0 Å². The van der Waals surface area contributed by atoms with Gasteiger partial charge in [-0.1, -0.05) is 30.3 Å². The Morgan fingerprint density at radius 2 is 1.79 bits per heavy atom. The van der Waals surface area contributed by atoms with Crippen LogP contribution in [-0.2, 0) is 21.2 Å². The van der Waals surface area contributed by atoms with Crippen LogP contribution in [0.2, 0.25) is 0 Å². The second-order valence-electron chi connectivity index (χ2n) is 7.87. The Morgan fingerprint density at radius 3 is 2.52 bits per heavy atom. The number of rotatable bonds is 3.